The van der Waals surface area contributed by atoms with Gasteiger partial charge in [0.1, 0.15) is 12.7 Å². The fraction of sp³-hybridized carbons (Fsp3) is 0. The van der Waals surface area contributed by atoms with E-state index in [0.717, 1.165) is 5.46 Å². The Kier molecular flexibility index (Phi) is 3.45. The minimum absolute atomic E-state index is 0.789. The molecule has 3 heteroatoms. The van der Waals surface area contributed by atoms with Crippen molar-refractivity contribution in [3.8, 4) is 11.1 Å². The molecule has 142 valence electrons. The number of para-hydroxylation sites is 1. The molecule has 0 saturated carbocycles. The maximum Gasteiger partial charge on any atom is 0.113 e. The van der Waals surface area contributed by atoms with Crippen LogP contribution in [0.25, 0.3) is 58.6 Å². The monoisotopic (exact) mass is 409 g/mol. The fourth-order valence-electron chi connectivity index (χ4n) is 5.03. The Balaban J connectivity index is 1.89. The summed E-state index contributed by atoms with van der Waals surface area (Å²) in [5.74, 6) is 0. The van der Waals surface area contributed by atoms with Crippen LogP contribution >= 0.6 is 11.3 Å². The molecule has 0 fully saturated rings. The highest BCUT2D eigenvalue weighted by Crippen LogP contribution is 2.45. The van der Waals surface area contributed by atoms with Crippen LogP contribution in [-0.4, -0.2) is 12.2 Å². The zero-order valence-electron chi connectivity index (χ0n) is 16.7. The van der Waals surface area contributed by atoms with Crippen LogP contribution in [0.1, 0.15) is 0 Å². The molecule has 0 saturated heterocycles. The Morgan fingerprint density at radius 3 is 2.26 bits per heavy atom. The Labute approximate surface area is 184 Å². The number of nitrogens with zero attached hydrogens (tertiary/aromatic N) is 1. The average molecular weight is 409 g/mol. The Hall–Kier alpha value is -3.56. The van der Waals surface area contributed by atoms with E-state index in [9.17, 15) is 0 Å². The summed E-state index contributed by atoms with van der Waals surface area (Å²) in [5, 5.41) is 6.34. The molecule has 7 aromatic rings. The maximum atomic E-state index is 6.32. The van der Waals surface area contributed by atoms with E-state index < -0.39 is 0 Å². The lowest BCUT2D eigenvalue weighted by atomic mass is 9.91. The molecular formula is C28H16BNS. The van der Waals surface area contributed by atoms with E-state index in [1.807, 2.05) is 17.4 Å². The third kappa shape index (κ3) is 2.27. The van der Waals surface area contributed by atoms with Gasteiger partial charge >= 0.3 is 0 Å². The first kappa shape index (κ1) is 17.2. The Morgan fingerprint density at radius 1 is 0.645 bits per heavy atom. The summed E-state index contributed by atoms with van der Waals surface area (Å²) in [4.78, 5) is 1.28. The van der Waals surface area contributed by atoms with Crippen molar-refractivity contribution in [3.05, 3.63) is 97.1 Å². The van der Waals surface area contributed by atoms with Crippen LogP contribution < -0.4 is 5.46 Å². The first-order valence-electron chi connectivity index (χ1n) is 10.4. The molecule has 2 radical (unpaired) electrons. The highest BCUT2D eigenvalue weighted by atomic mass is 32.1. The van der Waals surface area contributed by atoms with Crippen LogP contribution in [0.5, 0.6) is 0 Å². The van der Waals surface area contributed by atoms with Crippen molar-refractivity contribution in [2.75, 3.05) is 0 Å². The predicted molar refractivity (Wildman–Crippen MR) is 136 cm³/mol. The van der Waals surface area contributed by atoms with Gasteiger partial charge in [-0.25, -0.2) is 0 Å². The van der Waals surface area contributed by atoms with Gasteiger partial charge in [-0.15, -0.1) is 11.3 Å². The van der Waals surface area contributed by atoms with Gasteiger partial charge in [0.2, 0.25) is 0 Å². The maximum absolute atomic E-state index is 6.32. The first-order valence-corrected chi connectivity index (χ1v) is 11.2. The lowest BCUT2D eigenvalue weighted by Crippen LogP contribution is -2.01. The summed E-state index contributed by atoms with van der Waals surface area (Å²) in [6, 6.07) is 34.5. The van der Waals surface area contributed by atoms with E-state index in [1.54, 1.807) is 0 Å². The third-order valence-electron chi connectivity index (χ3n) is 6.29. The quantitative estimate of drug-likeness (QED) is 0.255. The molecule has 3 heterocycles. The molecule has 1 nitrogen and oxygen atoms in total. The second-order valence-electron chi connectivity index (χ2n) is 8.03. The number of hydrogen-bond donors (Lipinski definition) is 0. The van der Waals surface area contributed by atoms with Crippen LogP contribution in [-0.2, 0) is 0 Å². The van der Waals surface area contributed by atoms with E-state index in [1.165, 1.54) is 58.6 Å². The molecule has 7 rings (SSSR count). The normalized spacial score (nSPS) is 12.0. The molecule has 0 bridgehead atoms. The van der Waals surface area contributed by atoms with Crippen molar-refractivity contribution in [3.63, 3.8) is 0 Å². The number of aromatic nitrogens is 1. The van der Waals surface area contributed by atoms with Gasteiger partial charge in [0.05, 0.1) is 11.0 Å². The Bertz CT molecular complexity index is 1790. The lowest BCUT2D eigenvalue weighted by Gasteiger charge is -2.10. The summed E-state index contributed by atoms with van der Waals surface area (Å²) >= 11 is 1.87. The fourth-order valence-corrected chi connectivity index (χ4v) is 6.27. The highest BCUT2D eigenvalue weighted by Gasteiger charge is 2.21. The van der Waals surface area contributed by atoms with Crippen molar-refractivity contribution in [2.24, 2.45) is 0 Å². The lowest BCUT2D eigenvalue weighted by molar-refractivity contribution is 1.37. The van der Waals surface area contributed by atoms with Crippen LogP contribution in [0.3, 0.4) is 0 Å². The van der Waals surface area contributed by atoms with Gasteiger partial charge in [-0.2, -0.15) is 0 Å². The van der Waals surface area contributed by atoms with Gasteiger partial charge < -0.3 is 0 Å². The number of hydrogen-bond acceptors (Lipinski definition) is 1. The predicted octanol–water partition coefficient (Wildman–Crippen LogP) is 7.07. The molecule has 0 unspecified atom stereocenters. The molecule has 0 spiro atoms. The number of thiophene rings is 1. The standard InChI is InChI=1S/C28H16BNS/c29-18-14-15-19-22(16-18)27-25(17-8-2-1-3-9-17)20-10-4-6-12-23(20)30(27)28-26(19)21-11-5-7-13-24(21)31-28/h1-16H. The molecule has 0 aliphatic heterocycles. The third-order valence-corrected chi connectivity index (χ3v) is 7.44. The minimum atomic E-state index is 0.789. The Morgan fingerprint density at radius 2 is 1.39 bits per heavy atom. The zero-order valence-corrected chi connectivity index (χ0v) is 17.5. The van der Waals surface area contributed by atoms with Crippen LogP contribution in [0.2, 0.25) is 0 Å². The summed E-state index contributed by atoms with van der Waals surface area (Å²) in [5.41, 5.74) is 5.75. The molecule has 31 heavy (non-hydrogen) atoms. The van der Waals surface area contributed by atoms with E-state index in [2.05, 4.69) is 95.4 Å². The van der Waals surface area contributed by atoms with E-state index in [0.29, 0.717) is 0 Å². The second-order valence-corrected chi connectivity index (χ2v) is 9.06. The average Bonchev–Trinajstić information content (AvgIpc) is 3.36. The van der Waals surface area contributed by atoms with E-state index in [-0.39, 0.29) is 0 Å². The van der Waals surface area contributed by atoms with Gasteiger partial charge in [0.15, 0.2) is 0 Å². The molecular weight excluding hydrogens is 393 g/mol. The van der Waals surface area contributed by atoms with Crippen molar-refractivity contribution >= 4 is 72.1 Å². The summed E-state index contributed by atoms with van der Waals surface area (Å²) in [6.07, 6.45) is 0. The van der Waals surface area contributed by atoms with Crippen LogP contribution in [0, 0.1) is 0 Å². The van der Waals surface area contributed by atoms with Crippen molar-refractivity contribution in [1.29, 1.82) is 0 Å². The second kappa shape index (κ2) is 6.22. The van der Waals surface area contributed by atoms with Gasteiger partial charge in [-0.05, 0) is 23.1 Å². The highest BCUT2D eigenvalue weighted by molar-refractivity contribution is 7.25. The van der Waals surface area contributed by atoms with Crippen molar-refractivity contribution in [2.45, 2.75) is 0 Å². The van der Waals surface area contributed by atoms with Crippen LogP contribution in [0.4, 0.5) is 0 Å². The molecule has 3 aromatic heterocycles. The molecule has 0 atom stereocenters. The van der Waals surface area contributed by atoms with Gasteiger partial charge in [0, 0.05) is 31.8 Å². The van der Waals surface area contributed by atoms with Gasteiger partial charge in [0.25, 0.3) is 0 Å². The number of fused-ring (bicyclic) bond motifs is 10. The van der Waals surface area contributed by atoms with Gasteiger partial charge in [-0.3, -0.25) is 4.40 Å². The summed E-state index contributed by atoms with van der Waals surface area (Å²) in [7, 11) is 6.32. The van der Waals surface area contributed by atoms with Crippen LogP contribution in [0.15, 0.2) is 97.1 Å². The number of pyridine rings is 1. The first-order chi connectivity index (χ1) is 15.3. The summed E-state index contributed by atoms with van der Waals surface area (Å²) in [6.45, 7) is 0. The van der Waals surface area contributed by atoms with Gasteiger partial charge in [-0.1, -0.05) is 90.4 Å². The largest absolute Gasteiger partial charge is 0.299 e. The molecule has 0 N–H and O–H groups in total. The topological polar surface area (TPSA) is 4.41 Å². The minimum Gasteiger partial charge on any atom is -0.299 e. The SMILES string of the molecule is [B]c1ccc2c(c1)c1c(-c3ccccc3)c3ccccc3n1c1sc3ccccc3c21. The number of rotatable bonds is 1. The van der Waals surface area contributed by atoms with E-state index in [4.69, 9.17) is 7.85 Å². The molecule has 0 aliphatic carbocycles. The summed E-state index contributed by atoms with van der Waals surface area (Å²) < 4.78 is 3.77. The molecule has 0 aliphatic rings. The smallest absolute Gasteiger partial charge is 0.113 e. The molecule has 0 amide bonds. The van der Waals surface area contributed by atoms with Crippen molar-refractivity contribution < 1.29 is 0 Å². The molecule has 4 aromatic carbocycles. The van der Waals surface area contributed by atoms with E-state index >= 15 is 0 Å². The number of benzene rings is 4. The zero-order chi connectivity index (χ0) is 20.5. The van der Waals surface area contributed by atoms with Crippen molar-refractivity contribution in [1.82, 2.24) is 4.40 Å².